The highest BCUT2D eigenvalue weighted by Crippen LogP contribution is 2.29. The molecule has 2 aliphatic heterocycles. The van der Waals surface area contributed by atoms with Gasteiger partial charge in [-0.15, -0.1) is 0 Å². The quantitative estimate of drug-likeness (QED) is 0.672. The number of ether oxygens (including phenoxy) is 1. The Balaban J connectivity index is 2.01. The molecule has 2 atom stereocenters. The lowest BCUT2D eigenvalue weighted by Gasteiger charge is -2.25. The van der Waals surface area contributed by atoms with Crippen molar-refractivity contribution in [1.29, 1.82) is 0 Å². The van der Waals surface area contributed by atoms with Crippen LogP contribution in [0.2, 0.25) is 0 Å². The van der Waals surface area contributed by atoms with E-state index in [4.69, 9.17) is 9.84 Å². The number of amides is 1. The van der Waals surface area contributed by atoms with Crippen LogP contribution in [-0.2, 0) is 9.53 Å². The van der Waals surface area contributed by atoms with Gasteiger partial charge in [-0.05, 0) is 6.42 Å². The third kappa shape index (κ3) is 1.46. The fraction of sp³-hybridized carbons (Fsp3) is 0.750. The zero-order valence-corrected chi connectivity index (χ0v) is 7.10. The van der Waals surface area contributed by atoms with E-state index in [1.165, 1.54) is 0 Å². The lowest BCUT2D eigenvalue weighted by molar-refractivity contribution is -0.139. The zero-order chi connectivity index (χ0) is 9.42. The molecule has 2 fully saturated rings. The molecular weight excluding hydrogens is 174 g/mol. The molecule has 13 heavy (non-hydrogen) atoms. The van der Waals surface area contributed by atoms with Gasteiger partial charge < -0.3 is 14.7 Å². The van der Waals surface area contributed by atoms with Crippen molar-refractivity contribution in [2.45, 2.75) is 18.9 Å². The maximum Gasteiger partial charge on any atom is 0.410 e. The molecule has 0 aromatic heterocycles. The molecule has 1 amide bonds. The van der Waals surface area contributed by atoms with Crippen LogP contribution >= 0.6 is 0 Å². The minimum Gasteiger partial charge on any atom is -0.481 e. The van der Waals surface area contributed by atoms with Gasteiger partial charge in [0.2, 0.25) is 0 Å². The highest BCUT2D eigenvalue weighted by Gasteiger charge is 2.41. The van der Waals surface area contributed by atoms with Gasteiger partial charge in [-0.3, -0.25) is 4.79 Å². The largest absolute Gasteiger partial charge is 0.481 e. The summed E-state index contributed by atoms with van der Waals surface area (Å²) >= 11 is 0. The van der Waals surface area contributed by atoms with Crippen LogP contribution in [-0.4, -0.2) is 41.3 Å². The molecule has 0 spiro atoms. The lowest BCUT2D eigenvalue weighted by Crippen LogP contribution is -2.37. The van der Waals surface area contributed by atoms with Crippen LogP contribution in [0.25, 0.3) is 0 Å². The molecule has 0 aromatic carbocycles. The Morgan fingerprint density at radius 3 is 3.15 bits per heavy atom. The Hall–Kier alpha value is -1.26. The van der Waals surface area contributed by atoms with E-state index in [0.29, 0.717) is 13.1 Å². The fourth-order valence-corrected chi connectivity index (χ4v) is 1.93. The van der Waals surface area contributed by atoms with E-state index in [0.717, 1.165) is 6.42 Å². The standard InChI is InChI=1S/C8H11NO4/c10-7(11)3-5-1-2-9-4-6(5)13-8(9)12/h5-6H,1-4H2,(H,10,11)/t5?,6-/m0/s1. The maximum absolute atomic E-state index is 11.0. The number of hydrogen-bond donors (Lipinski definition) is 1. The van der Waals surface area contributed by atoms with Crippen molar-refractivity contribution in [3.05, 3.63) is 0 Å². The second-order valence-electron chi connectivity index (χ2n) is 3.51. The van der Waals surface area contributed by atoms with E-state index in [1.54, 1.807) is 4.90 Å². The summed E-state index contributed by atoms with van der Waals surface area (Å²) < 4.78 is 5.02. The molecule has 0 saturated carbocycles. The van der Waals surface area contributed by atoms with Crippen molar-refractivity contribution in [3.63, 3.8) is 0 Å². The number of aliphatic carboxylic acids is 1. The molecule has 5 heteroatoms. The summed E-state index contributed by atoms with van der Waals surface area (Å²) in [5, 5.41) is 8.60. The van der Waals surface area contributed by atoms with E-state index in [1.807, 2.05) is 0 Å². The lowest BCUT2D eigenvalue weighted by atomic mass is 9.92. The van der Waals surface area contributed by atoms with E-state index >= 15 is 0 Å². The first kappa shape index (κ1) is 8.34. The van der Waals surface area contributed by atoms with Crippen LogP contribution in [0.15, 0.2) is 0 Å². The molecule has 2 aliphatic rings. The third-order valence-electron chi connectivity index (χ3n) is 2.64. The molecular formula is C8H11NO4. The van der Waals surface area contributed by atoms with Crippen molar-refractivity contribution in [2.75, 3.05) is 13.1 Å². The number of hydrogen-bond acceptors (Lipinski definition) is 3. The Morgan fingerprint density at radius 2 is 2.46 bits per heavy atom. The van der Waals surface area contributed by atoms with Crippen LogP contribution in [0, 0.1) is 5.92 Å². The van der Waals surface area contributed by atoms with Crippen LogP contribution in [0.1, 0.15) is 12.8 Å². The number of nitrogens with zero attached hydrogens (tertiary/aromatic N) is 1. The SMILES string of the molecule is O=C(O)CC1CCN2C[C@@H]1OC2=O. The number of rotatable bonds is 2. The second-order valence-corrected chi connectivity index (χ2v) is 3.51. The Bertz CT molecular complexity index is 253. The van der Waals surface area contributed by atoms with Crippen molar-refractivity contribution in [3.8, 4) is 0 Å². The number of fused-ring (bicyclic) bond motifs is 2. The highest BCUT2D eigenvalue weighted by atomic mass is 16.6. The topological polar surface area (TPSA) is 66.8 Å². The molecule has 72 valence electrons. The summed E-state index contributed by atoms with van der Waals surface area (Å²) in [5.41, 5.74) is 0. The minimum absolute atomic E-state index is 0.000185. The summed E-state index contributed by atoms with van der Waals surface area (Å²) in [7, 11) is 0. The summed E-state index contributed by atoms with van der Waals surface area (Å²) in [4.78, 5) is 23.1. The van der Waals surface area contributed by atoms with Gasteiger partial charge in [-0.2, -0.15) is 0 Å². The first-order valence-electron chi connectivity index (χ1n) is 4.34. The summed E-state index contributed by atoms with van der Waals surface area (Å²) in [6.07, 6.45) is 0.351. The molecule has 5 nitrogen and oxygen atoms in total. The highest BCUT2D eigenvalue weighted by molar-refractivity contribution is 5.71. The smallest absolute Gasteiger partial charge is 0.410 e. The monoisotopic (exact) mass is 185 g/mol. The van der Waals surface area contributed by atoms with Gasteiger partial charge in [0.05, 0.1) is 13.0 Å². The number of carboxylic acids is 1. The molecule has 2 rings (SSSR count). The van der Waals surface area contributed by atoms with Crippen molar-refractivity contribution in [2.24, 2.45) is 5.92 Å². The fourth-order valence-electron chi connectivity index (χ4n) is 1.93. The molecule has 0 aromatic rings. The van der Waals surface area contributed by atoms with E-state index in [9.17, 15) is 9.59 Å². The third-order valence-corrected chi connectivity index (χ3v) is 2.64. The molecule has 0 aliphatic carbocycles. The summed E-state index contributed by atoms with van der Waals surface area (Å²) in [6.45, 7) is 1.20. The zero-order valence-electron chi connectivity index (χ0n) is 7.10. The molecule has 2 bridgehead atoms. The minimum atomic E-state index is -0.818. The van der Waals surface area contributed by atoms with Gasteiger partial charge in [-0.1, -0.05) is 0 Å². The predicted molar refractivity (Wildman–Crippen MR) is 42.2 cm³/mol. The van der Waals surface area contributed by atoms with E-state index in [2.05, 4.69) is 0 Å². The summed E-state index contributed by atoms with van der Waals surface area (Å²) in [5.74, 6) is -0.818. The van der Waals surface area contributed by atoms with E-state index < -0.39 is 5.97 Å². The molecule has 2 heterocycles. The Labute approximate surface area is 75.3 Å². The molecule has 1 N–H and O–H groups in total. The van der Waals surface area contributed by atoms with Crippen LogP contribution < -0.4 is 0 Å². The maximum atomic E-state index is 11.0. The van der Waals surface area contributed by atoms with Gasteiger partial charge in [-0.25, -0.2) is 4.79 Å². The average molecular weight is 185 g/mol. The summed E-state index contributed by atoms with van der Waals surface area (Å²) in [6, 6.07) is 0. The van der Waals surface area contributed by atoms with Gasteiger partial charge in [0.25, 0.3) is 0 Å². The number of piperidine rings is 1. The molecule has 0 radical (unpaired) electrons. The molecule has 1 unspecified atom stereocenters. The number of carbonyl (C=O) groups excluding carboxylic acids is 1. The Kier molecular flexibility index (Phi) is 1.86. The van der Waals surface area contributed by atoms with Crippen molar-refractivity contribution in [1.82, 2.24) is 4.90 Å². The first-order valence-corrected chi connectivity index (χ1v) is 4.34. The predicted octanol–water partition coefficient (Wildman–Crippen LogP) is 0.302. The number of carbonyl (C=O) groups is 2. The Morgan fingerprint density at radius 1 is 1.69 bits per heavy atom. The molecule has 2 saturated heterocycles. The number of carboxylic acid groups (broad SMARTS) is 1. The van der Waals surface area contributed by atoms with Crippen LogP contribution in [0.4, 0.5) is 4.79 Å². The van der Waals surface area contributed by atoms with Gasteiger partial charge in [0.15, 0.2) is 0 Å². The normalized spacial score (nSPS) is 31.7. The second kappa shape index (κ2) is 2.90. The van der Waals surface area contributed by atoms with Crippen molar-refractivity contribution >= 4 is 12.1 Å². The van der Waals surface area contributed by atoms with Gasteiger partial charge >= 0.3 is 12.1 Å². The average Bonchev–Trinajstić information content (AvgIpc) is 2.34. The first-order chi connectivity index (χ1) is 6.16. The van der Waals surface area contributed by atoms with Crippen LogP contribution in [0.5, 0.6) is 0 Å². The van der Waals surface area contributed by atoms with Crippen molar-refractivity contribution < 1.29 is 19.4 Å². The van der Waals surface area contributed by atoms with E-state index in [-0.39, 0.29) is 24.5 Å². The van der Waals surface area contributed by atoms with Gasteiger partial charge in [0.1, 0.15) is 6.10 Å². The van der Waals surface area contributed by atoms with Crippen LogP contribution in [0.3, 0.4) is 0 Å². The van der Waals surface area contributed by atoms with Gasteiger partial charge in [0, 0.05) is 12.5 Å².